The molecule has 2 heteroatoms. The van der Waals surface area contributed by atoms with Crippen LogP contribution in [0.4, 0.5) is 0 Å². The second-order valence-corrected chi connectivity index (χ2v) is 8.88. The lowest BCUT2D eigenvalue weighted by atomic mass is 9.92. The highest BCUT2D eigenvalue weighted by Gasteiger charge is 2.16. The number of carbonyl (C=O) groups excluding carboxylic acids is 1. The Morgan fingerprint density at radius 3 is 1.70 bits per heavy atom. The lowest BCUT2D eigenvalue weighted by molar-refractivity contribution is 0.0338. The Kier molecular flexibility index (Phi) is 5.60. The molecule has 0 amide bonds. The number of ether oxygens (including phenoxy) is 1. The molecule has 0 saturated heterocycles. The molecular weight excluding hydrogens is 404 g/mol. The molecule has 0 spiro atoms. The van der Waals surface area contributed by atoms with E-state index in [1.165, 1.54) is 37.9 Å². The van der Waals surface area contributed by atoms with Crippen molar-refractivity contribution in [2.24, 2.45) is 0 Å². The van der Waals surface area contributed by atoms with E-state index >= 15 is 0 Å². The summed E-state index contributed by atoms with van der Waals surface area (Å²) in [7, 11) is 0. The van der Waals surface area contributed by atoms with Gasteiger partial charge < -0.3 is 4.74 Å². The maximum atomic E-state index is 12.8. The second kappa shape index (κ2) is 8.71. The van der Waals surface area contributed by atoms with Crippen LogP contribution in [0.15, 0.2) is 91.0 Å². The van der Waals surface area contributed by atoms with Gasteiger partial charge in [0.2, 0.25) is 0 Å². The normalized spacial score (nSPS) is 13.3. The van der Waals surface area contributed by atoms with Crippen molar-refractivity contribution in [3.63, 3.8) is 0 Å². The molecule has 5 rings (SSSR count). The smallest absolute Gasteiger partial charge is 0.338 e. The summed E-state index contributed by atoms with van der Waals surface area (Å²) in [6, 6.07) is 31.3. The molecule has 0 bridgehead atoms. The fraction of sp³-hybridized carbons (Fsp3) is 0.194. The van der Waals surface area contributed by atoms with E-state index in [-0.39, 0.29) is 12.1 Å². The molecule has 2 atom stereocenters. The minimum absolute atomic E-state index is 0.290. The van der Waals surface area contributed by atoms with E-state index in [4.69, 9.17) is 4.74 Å². The fourth-order valence-corrected chi connectivity index (χ4v) is 4.66. The number of carbonyl (C=O) groups is 1. The van der Waals surface area contributed by atoms with Gasteiger partial charge in [-0.05, 0) is 80.9 Å². The zero-order chi connectivity index (χ0) is 22.9. The molecule has 164 valence electrons. The maximum Gasteiger partial charge on any atom is 0.338 e. The molecule has 0 aromatic heterocycles. The molecule has 0 N–H and O–H groups in total. The van der Waals surface area contributed by atoms with Gasteiger partial charge in [0, 0.05) is 0 Å². The molecular formula is C31H28O2. The summed E-state index contributed by atoms with van der Waals surface area (Å²) in [6.45, 7) is 6.31. The van der Waals surface area contributed by atoms with E-state index in [9.17, 15) is 4.79 Å². The average Bonchev–Trinajstić information content (AvgIpc) is 2.88. The molecule has 0 fully saturated rings. The van der Waals surface area contributed by atoms with Crippen LogP contribution < -0.4 is 0 Å². The minimum Gasteiger partial charge on any atom is -0.454 e. The van der Waals surface area contributed by atoms with Gasteiger partial charge in [-0.15, -0.1) is 0 Å². The summed E-state index contributed by atoms with van der Waals surface area (Å²) in [4.78, 5) is 12.8. The highest BCUT2D eigenvalue weighted by atomic mass is 16.5. The number of rotatable bonds is 5. The van der Waals surface area contributed by atoms with Gasteiger partial charge in [-0.3, -0.25) is 0 Å². The molecule has 33 heavy (non-hydrogen) atoms. The first-order valence-electron chi connectivity index (χ1n) is 11.7. The topological polar surface area (TPSA) is 26.3 Å². The molecule has 2 nitrogen and oxygen atoms in total. The third kappa shape index (κ3) is 3.87. The van der Waals surface area contributed by atoms with Gasteiger partial charge in [-0.2, -0.15) is 0 Å². The van der Waals surface area contributed by atoms with E-state index in [1.54, 1.807) is 0 Å². The van der Waals surface area contributed by atoms with Gasteiger partial charge in [0.25, 0.3) is 0 Å². The van der Waals surface area contributed by atoms with Crippen LogP contribution in [-0.2, 0) is 4.74 Å². The van der Waals surface area contributed by atoms with Gasteiger partial charge in [-0.1, -0.05) is 86.6 Å². The number of benzene rings is 5. The fourth-order valence-electron chi connectivity index (χ4n) is 4.66. The van der Waals surface area contributed by atoms with Crippen molar-refractivity contribution in [2.75, 3.05) is 0 Å². The van der Waals surface area contributed by atoms with Crippen molar-refractivity contribution >= 4 is 38.3 Å². The first kappa shape index (κ1) is 21.2. The molecule has 2 unspecified atom stereocenters. The SMILES string of the molecule is CCC(C)c1ccc(C(=O)OC(C)c2ccc3c4ccccc4c4ccccc4c3c2)cc1. The molecule has 0 heterocycles. The summed E-state index contributed by atoms with van der Waals surface area (Å²) < 4.78 is 5.86. The van der Waals surface area contributed by atoms with Crippen LogP contribution >= 0.6 is 0 Å². The highest BCUT2D eigenvalue weighted by molar-refractivity contribution is 6.25. The van der Waals surface area contributed by atoms with Crippen LogP contribution in [-0.4, -0.2) is 5.97 Å². The Balaban J connectivity index is 1.49. The highest BCUT2D eigenvalue weighted by Crippen LogP contribution is 2.36. The van der Waals surface area contributed by atoms with Gasteiger partial charge in [0.05, 0.1) is 5.56 Å². The van der Waals surface area contributed by atoms with Gasteiger partial charge in [0.15, 0.2) is 0 Å². The minimum atomic E-state index is -0.346. The Labute approximate surface area is 194 Å². The maximum absolute atomic E-state index is 12.8. The molecule has 5 aromatic rings. The van der Waals surface area contributed by atoms with Crippen LogP contribution in [0.1, 0.15) is 60.7 Å². The lowest BCUT2D eigenvalue weighted by Crippen LogP contribution is -2.09. The lowest BCUT2D eigenvalue weighted by Gasteiger charge is -2.17. The Morgan fingerprint density at radius 1 is 0.667 bits per heavy atom. The average molecular weight is 433 g/mol. The predicted molar refractivity (Wildman–Crippen MR) is 138 cm³/mol. The van der Waals surface area contributed by atoms with Crippen LogP contribution in [0.5, 0.6) is 0 Å². The van der Waals surface area contributed by atoms with E-state index in [1.807, 2.05) is 31.2 Å². The molecule has 0 aliphatic rings. The zero-order valence-electron chi connectivity index (χ0n) is 19.3. The van der Waals surface area contributed by atoms with Crippen LogP contribution in [0.25, 0.3) is 32.3 Å². The molecule has 5 aromatic carbocycles. The Morgan fingerprint density at radius 2 is 1.15 bits per heavy atom. The number of hydrogen-bond acceptors (Lipinski definition) is 2. The van der Waals surface area contributed by atoms with Crippen molar-refractivity contribution in [1.29, 1.82) is 0 Å². The van der Waals surface area contributed by atoms with Crippen LogP contribution in [0, 0.1) is 0 Å². The van der Waals surface area contributed by atoms with Crippen molar-refractivity contribution in [2.45, 2.75) is 39.2 Å². The first-order valence-corrected chi connectivity index (χ1v) is 11.7. The summed E-state index contributed by atoms with van der Waals surface area (Å²) in [5.74, 6) is 0.194. The van der Waals surface area contributed by atoms with Crippen molar-refractivity contribution < 1.29 is 9.53 Å². The van der Waals surface area contributed by atoms with Crippen molar-refractivity contribution in [3.8, 4) is 0 Å². The summed E-state index contributed by atoms with van der Waals surface area (Å²) in [5, 5.41) is 7.35. The van der Waals surface area contributed by atoms with Crippen LogP contribution in [0.3, 0.4) is 0 Å². The van der Waals surface area contributed by atoms with Crippen LogP contribution in [0.2, 0.25) is 0 Å². The van der Waals surface area contributed by atoms with Gasteiger partial charge in [-0.25, -0.2) is 4.79 Å². The van der Waals surface area contributed by atoms with Gasteiger partial charge in [0.1, 0.15) is 6.10 Å². The number of hydrogen-bond donors (Lipinski definition) is 0. The van der Waals surface area contributed by atoms with Crippen molar-refractivity contribution in [3.05, 3.63) is 108 Å². The van der Waals surface area contributed by atoms with Crippen molar-refractivity contribution in [1.82, 2.24) is 0 Å². The van der Waals surface area contributed by atoms with E-state index < -0.39 is 0 Å². The summed E-state index contributed by atoms with van der Waals surface area (Å²) in [6.07, 6.45) is 0.730. The van der Waals surface area contributed by atoms with E-state index in [0.717, 1.165) is 12.0 Å². The quantitative estimate of drug-likeness (QED) is 0.205. The largest absolute Gasteiger partial charge is 0.454 e. The summed E-state index contributed by atoms with van der Waals surface area (Å²) in [5.41, 5.74) is 2.83. The Bertz CT molecular complexity index is 1430. The summed E-state index contributed by atoms with van der Waals surface area (Å²) >= 11 is 0. The second-order valence-electron chi connectivity index (χ2n) is 8.88. The molecule has 0 saturated carbocycles. The molecule has 0 aliphatic heterocycles. The first-order chi connectivity index (χ1) is 16.1. The predicted octanol–water partition coefficient (Wildman–Crippen LogP) is 8.58. The Hall–Kier alpha value is -3.65. The third-order valence-corrected chi connectivity index (χ3v) is 6.85. The standard InChI is InChI=1S/C31H28O2/c1-4-20(2)22-13-15-23(16-14-22)31(32)33-21(3)24-17-18-29-27-11-6-5-9-25(27)26-10-7-8-12-28(26)30(29)19-24/h5-21H,4H2,1-3H3. The van der Waals surface area contributed by atoms with Gasteiger partial charge >= 0.3 is 5.97 Å². The van der Waals surface area contributed by atoms with E-state index in [0.29, 0.717) is 11.5 Å². The number of esters is 1. The monoisotopic (exact) mass is 432 g/mol. The van der Waals surface area contributed by atoms with E-state index in [2.05, 4.69) is 80.6 Å². The number of fused-ring (bicyclic) bond motifs is 6. The third-order valence-electron chi connectivity index (χ3n) is 6.85. The molecule has 0 aliphatic carbocycles. The zero-order valence-corrected chi connectivity index (χ0v) is 19.3. The molecule has 0 radical (unpaired) electrons.